The molecule has 156 valence electrons. The summed E-state index contributed by atoms with van der Waals surface area (Å²) in [6.45, 7) is 3.97. The van der Waals surface area contributed by atoms with Gasteiger partial charge in [0.15, 0.2) is 0 Å². The molecule has 3 heterocycles. The monoisotopic (exact) mass is 424 g/mol. The van der Waals surface area contributed by atoms with E-state index in [1.54, 1.807) is 6.20 Å². The molecule has 1 fully saturated rings. The summed E-state index contributed by atoms with van der Waals surface area (Å²) < 4.78 is 5.95. The first-order chi connectivity index (χ1) is 14.6. The number of likely N-dealkylation sites (N-methyl/N-ethyl adjacent to an activating group) is 1. The molecule has 1 saturated heterocycles. The topological polar surface area (TPSA) is 52.8 Å². The second-order valence-corrected chi connectivity index (χ2v) is 7.94. The highest BCUT2D eigenvalue weighted by atomic mass is 35.5. The van der Waals surface area contributed by atoms with Crippen molar-refractivity contribution in [3.8, 4) is 11.3 Å². The first-order valence-electron chi connectivity index (χ1n) is 10.1. The Balaban J connectivity index is 1.27. The first-order valence-corrected chi connectivity index (χ1v) is 10.4. The van der Waals surface area contributed by atoms with Crippen LogP contribution in [0.5, 0.6) is 0 Å². The van der Waals surface area contributed by atoms with E-state index < -0.39 is 0 Å². The summed E-state index contributed by atoms with van der Waals surface area (Å²) in [7, 11) is 1.94. The van der Waals surface area contributed by atoms with E-state index in [-0.39, 0.29) is 5.91 Å². The summed E-state index contributed by atoms with van der Waals surface area (Å²) in [6.07, 6.45) is 1.80. The molecule has 1 aliphatic rings. The maximum Gasteiger partial charge on any atom is 0.236 e. The third kappa shape index (κ3) is 5.01. The Labute approximate surface area is 181 Å². The molecule has 7 heteroatoms. The number of benzene rings is 1. The van der Waals surface area contributed by atoms with Crippen molar-refractivity contribution in [3.63, 3.8) is 0 Å². The van der Waals surface area contributed by atoms with Crippen LogP contribution < -0.4 is 4.90 Å². The van der Waals surface area contributed by atoms with E-state index in [2.05, 4.69) is 9.88 Å². The van der Waals surface area contributed by atoms with Gasteiger partial charge in [-0.25, -0.2) is 4.98 Å². The zero-order valence-corrected chi connectivity index (χ0v) is 17.8. The van der Waals surface area contributed by atoms with Crippen molar-refractivity contribution in [2.75, 3.05) is 44.7 Å². The van der Waals surface area contributed by atoms with Gasteiger partial charge in [-0.3, -0.25) is 9.69 Å². The number of hydrogen-bond donors (Lipinski definition) is 0. The summed E-state index contributed by atoms with van der Waals surface area (Å²) in [5, 5.41) is 0.699. The van der Waals surface area contributed by atoms with Crippen LogP contribution in [0.3, 0.4) is 0 Å². The number of amides is 1. The Morgan fingerprint density at radius 1 is 1.07 bits per heavy atom. The number of aromatic nitrogens is 1. The highest BCUT2D eigenvalue weighted by Gasteiger charge is 2.22. The van der Waals surface area contributed by atoms with Crippen molar-refractivity contribution < 1.29 is 9.21 Å². The smallest absolute Gasteiger partial charge is 0.236 e. The van der Waals surface area contributed by atoms with Gasteiger partial charge in [-0.2, -0.15) is 0 Å². The Morgan fingerprint density at radius 3 is 2.53 bits per heavy atom. The molecule has 0 N–H and O–H groups in total. The van der Waals surface area contributed by atoms with E-state index in [1.165, 1.54) is 0 Å². The first kappa shape index (κ1) is 20.4. The van der Waals surface area contributed by atoms with E-state index >= 15 is 0 Å². The molecule has 2 aromatic heterocycles. The fourth-order valence-electron chi connectivity index (χ4n) is 3.61. The van der Waals surface area contributed by atoms with Gasteiger partial charge in [-0.15, -0.1) is 0 Å². The number of nitrogens with zero attached hydrogens (tertiary/aromatic N) is 4. The van der Waals surface area contributed by atoms with Crippen molar-refractivity contribution in [1.82, 2.24) is 14.8 Å². The van der Waals surface area contributed by atoms with Crippen LogP contribution in [0.15, 0.2) is 65.2 Å². The third-order valence-electron chi connectivity index (χ3n) is 5.23. The van der Waals surface area contributed by atoms with Gasteiger partial charge in [-0.05, 0) is 55.6 Å². The number of pyridine rings is 1. The number of rotatable bonds is 6. The lowest BCUT2D eigenvalue weighted by molar-refractivity contribution is -0.132. The minimum atomic E-state index is 0.141. The van der Waals surface area contributed by atoms with Crippen LogP contribution in [0.25, 0.3) is 11.3 Å². The Bertz CT molecular complexity index is 966. The molecule has 1 amide bonds. The molecule has 0 aliphatic carbocycles. The Morgan fingerprint density at radius 2 is 1.83 bits per heavy atom. The number of carbonyl (C=O) groups excluding carboxylic acids is 1. The van der Waals surface area contributed by atoms with E-state index in [0.29, 0.717) is 31.2 Å². The van der Waals surface area contributed by atoms with E-state index in [9.17, 15) is 4.79 Å². The molecule has 0 bridgehead atoms. The lowest BCUT2D eigenvalue weighted by Gasteiger charge is -2.36. The lowest BCUT2D eigenvalue weighted by Crippen LogP contribution is -2.51. The quantitative estimate of drug-likeness (QED) is 0.602. The number of hydrogen-bond acceptors (Lipinski definition) is 5. The minimum Gasteiger partial charge on any atom is -0.460 e. The van der Waals surface area contributed by atoms with Gasteiger partial charge in [-0.1, -0.05) is 17.7 Å². The molecule has 3 aromatic rings. The summed E-state index contributed by atoms with van der Waals surface area (Å²) in [5.74, 6) is 2.74. The van der Waals surface area contributed by atoms with Gasteiger partial charge >= 0.3 is 0 Å². The second-order valence-electron chi connectivity index (χ2n) is 7.50. The predicted octanol–water partition coefficient (Wildman–Crippen LogP) is 3.78. The zero-order valence-electron chi connectivity index (χ0n) is 17.0. The van der Waals surface area contributed by atoms with Crippen LogP contribution in [0.1, 0.15) is 5.76 Å². The van der Waals surface area contributed by atoms with Crippen molar-refractivity contribution in [3.05, 3.63) is 71.6 Å². The van der Waals surface area contributed by atoms with Crippen LogP contribution in [0.4, 0.5) is 5.82 Å². The molecule has 0 saturated carbocycles. The number of halogens is 1. The molecule has 0 radical (unpaired) electrons. The molecule has 0 spiro atoms. The summed E-state index contributed by atoms with van der Waals surface area (Å²) >= 11 is 5.95. The largest absolute Gasteiger partial charge is 0.460 e. The standard InChI is InChI=1S/C23H25ClN4O2/c1-26(16-20-9-10-21(30-20)18-5-7-19(24)8-6-18)17-23(29)28-14-12-27(13-15-28)22-4-2-3-11-25-22/h2-11H,12-17H2,1H3. The summed E-state index contributed by atoms with van der Waals surface area (Å²) in [5.41, 5.74) is 0.982. The number of anilines is 1. The molecule has 1 aliphatic heterocycles. The summed E-state index contributed by atoms with van der Waals surface area (Å²) in [6, 6.07) is 17.4. The number of furan rings is 1. The van der Waals surface area contributed by atoms with E-state index in [0.717, 1.165) is 36.0 Å². The molecule has 0 unspecified atom stereocenters. The minimum absolute atomic E-state index is 0.141. The molecule has 4 rings (SSSR count). The van der Waals surface area contributed by atoms with Crippen LogP contribution >= 0.6 is 11.6 Å². The maximum atomic E-state index is 12.7. The molecular formula is C23H25ClN4O2. The van der Waals surface area contributed by atoms with Gasteiger partial charge in [0.2, 0.25) is 5.91 Å². The third-order valence-corrected chi connectivity index (χ3v) is 5.48. The lowest BCUT2D eigenvalue weighted by atomic mass is 10.2. The van der Waals surface area contributed by atoms with Crippen molar-refractivity contribution in [2.45, 2.75) is 6.54 Å². The molecule has 0 atom stereocenters. The van der Waals surface area contributed by atoms with Crippen molar-refractivity contribution in [2.24, 2.45) is 0 Å². The fraction of sp³-hybridized carbons (Fsp3) is 0.304. The molecular weight excluding hydrogens is 400 g/mol. The number of carbonyl (C=O) groups is 1. The SMILES string of the molecule is CN(CC(=O)N1CCN(c2ccccn2)CC1)Cc1ccc(-c2ccc(Cl)cc2)o1. The average molecular weight is 425 g/mol. The van der Waals surface area contributed by atoms with Gasteiger partial charge in [0.25, 0.3) is 0 Å². The zero-order chi connectivity index (χ0) is 20.9. The van der Waals surface area contributed by atoms with Crippen LogP contribution in [-0.2, 0) is 11.3 Å². The number of piperazine rings is 1. The second kappa shape index (κ2) is 9.32. The van der Waals surface area contributed by atoms with Gasteiger partial charge in [0, 0.05) is 43.0 Å². The normalized spacial score (nSPS) is 14.4. The van der Waals surface area contributed by atoms with Gasteiger partial charge in [0.05, 0.1) is 13.1 Å². The molecule has 6 nitrogen and oxygen atoms in total. The Hall–Kier alpha value is -2.83. The summed E-state index contributed by atoms with van der Waals surface area (Å²) in [4.78, 5) is 23.2. The maximum absolute atomic E-state index is 12.7. The molecule has 30 heavy (non-hydrogen) atoms. The van der Waals surface area contributed by atoms with Crippen molar-refractivity contribution in [1.29, 1.82) is 0 Å². The predicted molar refractivity (Wildman–Crippen MR) is 119 cm³/mol. The van der Waals surface area contributed by atoms with Crippen LogP contribution in [0.2, 0.25) is 5.02 Å². The molecule has 1 aromatic carbocycles. The highest BCUT2D eigenvalue weighted by molar-refractivity contribution is 6.30. The Kier molecular flexibility index (Phi) is 6.35. The van der Waals surface area contributed by atoms with Crippen molar-refractivity contribution >= 4 is 23.3 Å². The fourth-order valence-corrected chi connectivity index (χ4v) is 3.74. The van der Waals surface area contributed by atoms with Gasteiger partial charge < -0.3 is 14.2 Å². The highest BCUT2D eigenvalue weighted by Crippen LogP contribution is 2.24. The van der Waals surface area contributed by atoms with E-state index in [4.69, 9.17) is 16.0 Å². The van der Waals surface area contributed by atoms with Crippen LogP contribution in [-0.4, -0.2) is 60.5 Å². The van der Waals surface area contributed by atoms with Crippen LogP contribution in [0, 0.1) is 0 Å². The van der Waals surface area contributed by atoms with E-state index in [1.807, 2.05) is 71.4 Å². The average Bonchev–Trinajstić information content (AvgIpc) is 3.23. The van der Waals surface area contributed by atoms with Gasteiger partial charge in [0.1, 0.15) is 17.3 Å².